The molecule has 16 heavy (non-hydrogen) atoms. The van der Waals surface area contributed by atoms with Crippen LogP contribution in [0.25, 0.3) is 0 Å². The van der Waals surface area contributed by atoms with Gasteiger partial charge >= 0.3 is 6.09 Å². The number of benzene rings is 1. The van der Waals surface area contributed by atoms with E-state index in [1.807, 2.05) is 31.2 Å². The van der Waals surface area contributed by atoms with E-state index in [9.17, 15) is 4.79 Å². The lowest BCUT2D eigenvalue weighted by Gasteiger charge is -2.24. The Morgan fingerprint density at radius 2 is 2.06 bits per heavy atom. The molecule has 0 heterocycles. The van der Waals surface area contributed by atoms with Crippen molar-refractivity contribution in [2.24, 2.45) is 5.92 Å². The van der Waals surface area contributed by atoms with E-state index >= 15 is 0 Å². The summed E-state index contributed by atoms with van der Waals surface area (Å²) < 4.78 is 5.13. The fourth-order valence-electron chi connectivity index (χ4n) is 1.64. The Balaban J connectivity index is 1.75. The molecule has 0 atom stereocenters. The molecule has 0 spiro atoms. The molecule has 1 aliphatic rings. The minimum atomic E-state index is -0.351. The molecule has 0 aromatic heterocycles. The van der Waals surface area contributed by atoms with E-state index in [2.05, 4.69) is 5.32 Å². The van der Waals surface area contributed by atoms with Crippen LogP contribution in [0.4, 0.5) is 10.5 Å². The molecule has 0 radical (unpaired) electrons. The summed E-state index contributed by atoms with van der Waals surface area (Å²) in [7, 11) is 0. The average Bonchev–Trinajstić information content (AvgIpc) is 2.19. The highest BCUT2D eigenvalue weighted by Crippen LogP contribution is 2.26. The number of rotatable bonds is 3. The first kappa shape index (κ1) is 11.0. The predicted octanol–water partition coefficient (Wildman–Crippen LogP) is 3.34. The van der Waals surface area contributed by atoms with E-state index in [1.165, 1.54) is 24.8 Å². The molecule has 1 aromatic rings. The molecule has 1 amide bonds. The Morgan fingerprint density at radius 1 is 1.38 bits per heavy atom. The van der Waals surface area contributed by atoms with Crippen LogP contribution in [0.1, 0.15) is 24.8 Å². The standard InChI is InChI=1S/C13H17NO2/c1-10-5-7-12(8-6-10)14-13(15)16-9-11-3-2-4-11/h5-8,11H,2-4,9H2,1H3,(H,14,15). The lowest BCUT2D eigenvalue weighted by atomic mass is 9.86. The van der Waals surface area contributed by atoms with Gasteiger partial charge in [0.05, 0.1) is 6.61 Å². The topological polar surface area (TPSA) is 38.3 Å². The van der Waals surface area contributed by atoms with Crippen molar-refractivity contribution in [1.29, 1.82) is 0 Å². The third kappa shape index (κ3) is 2.99. The van der Waals surface area contributed by atoms with Gasteiger partial charge in [-0.25, -0.2) is 4.79 Å². The number of carbonyl (C=O) groups is 1. The molecule has 0 aliphatic heterocycles. The number of ether oxygens (including phenoxy) is 1. The molecule has 1 saturated carbocycles. The third-order valence-corrected chi connectivity index (χ3v) is 2.97. The fourth-order valence-corrected chi connectivity index (χ4v) is 1.64. The molecule has 1 N–H and O–H groups in total. The van der Waals surface area contributed by atoms with Crippen LogP contribution in [0, 0.1) is 12.8 Å². The summed E-state index contributed by atoms with van der Waals surface area (Å²) in [4.78, 5) is 11.4. The zero-order chi connectivity index (χ0) is 11.4. The summed E-state index contributed by atoms with van der Waals surface area (Å²) in [6.07, 6.45) is 3.30. The van der Waals surface area contributed by atoms with Gasteiger partial charge in [0.25, 0.3) is 0 Å². The minimum absolute atomic E-state index is 0.351. The van der Waals surface area contributed by atoms with Crippen molar-refractivity contribution in [2.75, 3.05) is 11.9 Å². The summed E-state index contributed by atoms with van der Waals surface area (Å²) in [5.41, 5.74) is 1.96. The maximum Gasteiger partial charge on any atom is 0.411 e. The van der Waals surface area contributed by atoms with Crippen molar-refractivity contribution in [3.05, 3.63) is 29.8 Å². The first-order chi connectivity index (χ1) is 7.74. The molecule has 3 heteroatoms. The van der Waals surface area contributed by atoms with Gasteiger partial charge in [0.15, 0.2) is 0 Å². The monoisotopic (exact) mass is 219 g/mol. The van der Waals surface area contributed by atoms with Gasteiger partial charge in [0.1, 0.15) is 0 Å². The van der Waals surface area contributed by atoms with Crippen molar-refractivity contribution in [1.82, 2.24) is 0 Å². The van der Waals surface area contributed by atoms with E-state index in [1.54, 1.807) is 0 Å². The maximum atomic E-state index is 11.4. The molecule has 0 bridgehead atoms. The normalized spacial score (nSPS) is 15.3. The van der Waals surface area contributed by atoms with E-state index in [-0.39, 0.29) is 6.09 Å². The van der Waals surface area contributed by atoms with Gasteiger partial charge in [-0.3, -0.25) is 5.32 Å². The largest absolute Gasteiger partial charge is 0.449 e. The van der Waals surface area contributed by atoms with Gasteiger partial charge in [-0.15, -0.1) is 0 Å². The third-order valence-electron chi connectivity index (χ3n) is 2.97. The van der Waals surface area contributed by atoms with Gasteiger partial charge in [0.2, 0.25) is 0 Å². The number of nitrogens with one attached hydrogen (secondary N) is 1. The van der Waals surface area contributed by atoms with E-state index in [0.29, 0.717) is 12.5 Å². The Kier molecular flexibility index (Phi) is 3.44. The van der Waals surface area contributed by atoms with Gasteiger partial charge in [0, 0.05) is 5.69 Å². The highest BCUT2D eigenvalue weighted by atomic mass is 16.5. The van der Waals surface area contributed by atoms with Crippen molar-refractivity contribution in [2.45, 2.75) is 26.2 Å². The van der Waals surface area contributed by atoms with Crippen molar-refractivity contribution < 1.29 is 9.53 Å². The summed E-state index contributed by atoms with van der Waals surface area (Å²) in [6.45, 7) is 2.57. The lowest BCUT2D eigenvalue weighted by Crippen LogP contribution is -2.22. The molecule has 1 aliphatic carbocycles. The summed E-state index contributed by atoms with van der Waals surface area (Å²) in [5, 5.41) is 2.71. The highest BCUT2D eigenvalue weighted by molar-refractivity contribution is 5.84. The van der Waals surface area contributed by atoms with Crippen LogP contribution in [-0.4, -0.2) is 12.7 Å². The molecule has 2 rings (SSSR count). The number of amides is 1. The van der Waals surface area contributed by atoms with E-state index in [4.69, 9.17) is 4.74 Å². The minimum Gasteiger partial charge on any atom is -0.449 e. The van der Waals surface area contributed by atoms with Crippen molar-refractivity contribution >= 4 is 11.8 Å². The Labute approximate surface area is 95.8 Å². The first-order valence-corrected chi connectivity index (χ1v) is 5.74. The Bertz CT molecular complexity index is 355. The molecule has 0 saturated heterocycles. The molecular weight excluding hydrogens is 202 g/mol. The van der Waals surface area contributed by atoms with Crippen LogP contribution in [0.3, 0.4) is 0 Å². The quantitative estimate of drug-likeness (QED) is 0.846. The molecule has 1 fully saturated rings. The second-order valence-electron chi connectivity index (χ2n) is 4.39. The molecule has 86 valence electrons. The molecule has 1 aromatic carbocycles. The molecular formula is C13H17NO2. The Hall–Kier alpha value is -1.51. The number of carbonyl (C=O) groups excluding carboxylic acids is 1. The average molecular weight is 219 g/mol. The number of hydrogen-bond acceptors (Lipinski definition) is 2. The summed E-state index contributed by atoms with van der Waals surface area (Å²) >= 11 is 0. The summed E-state index contributed by atoms with van der Waals surface area (Å²) in [6, 6.07) is 7.67. The molecule has 3 nitrogen and oxygen atoms in total. The van der Waals surface area contributed by atoms with Crippen LogP contribution in [0.5, 0.6) is 0 Å². The van der Waals surface area contributed by atoms with Gasteiger partial charge in [-0.05, 0) is 37.8 Å². The van der Waals surface area contributed by atoms with Crippen LogP contribution >= 0.6 is 0 Å². The van der Waals surface area contributed by atoms with Gasteiger partial charge < -0.3 is 4.74 Å². The smallest absolute Gasteiger partial charge is 0.411 e. The van der Waals surface area contributed by atoms with Crippen LogP contribution in [0.2, 0.25) is 0 Å². The Morgan fingerprint density at radius 3 is 2.62 bits per heavy atom. The second-order valence-corrected chi connectivity index (χ2v) is 4.39. The number of hydrogen-bond donors (Lipinski definition) is 1. The van der Waals surface area contributed by atoms with Crippen LogP contribution in [-0.2, 0) is 4.74 Å². The number of aryl methyl sites for hydroxylation is 1. The van der Waals surface area contributed by atoms with Crippen LogP contribution < -0.4 is 5.32 Å². The summed E-state index contributed by atoms with van der Waals surface area (Å²) in [5.74, 6) is 0.587. The SMILES string of the molecule is Cc1ccc(NC(=O)OCC2CCC2)cc1. The zero-order valence-electron chi connectivity index (χ0n) is 9.53. The highest BCUT2D eigenvalue weighted by Gasteiger charge is 2.19. The van der Waals surface area contributed by atoms with Crippen molar-refractivity contribution in [3.8, 4) is 0 Å². The number of anilines is 1. The van der Waals surface area contributed by atoms with E-state index in [0.717, 1.165) is 5.69 Å². The first-order valence-electron chi connectivity index (χ1n) is 5.74. The predicted molar refractivity (Wildman–Crippen MR) is 63.5 cm³/mol. The molecule has 0 unspecified atom stereocenters. The maximum absolute atomic E-state index is 11.4. The van der Waals surface area contributed by atoms with E-state index < -0.39 is 0 Å². The van der Waals surface area contributed by atoms with Crippen LogP contribution in [0.15, 0.2) is 24.3 Å². The van der Waals surface area contributed by atoms with Gasteiger partial charge in [-0.2, -0.15) is 0 Å². The van der Waals surface area contributed by atoms with Crippen molar-refractivity contribution in [3.63, 3.8) is 0 Å². The second kappa shape index (κ2) is 5.01. The fraction of sp³-hybridized carbons (Fsp3) is 0.462. The lowest BCUT2D eigenvalue weighted by molar-refractivity contribution is 0.115. The zero-order valence-corrected chi connectivity index (χ0v) is 9.53. The van der Waals surface area contributed by atoms with Gasteiger partial charge in [-0.1, -0.05) is 24.1 Å².